The van der Waals surface area contributed by atoms with Gasteiger partial charge in [0.05, 0.1) is 6.61 Å². The Morgan fingerprint density at radius 2 is 1.90 bits per heavy atom. The molecule has 10 heavy (non-hydrogen) atoms. The third-order valence-electron chi connectivity index (χ3n) is 0.863. The third-order valence-corrected chi connectivity index (χ3v) is 0.863. The second-order valence-corrected chi connectivity index (χ2v) is 1.57. The summed E-state index contributed by atoms with van der Waals surface area (Å²) in [5.74, 6) is 0. The molecule has 0 saturated carbocycles. The molecule has 0 fully saturated rings. The molecule has 1 N–H and O–H groups in total. The van der Waals surface area contributed by atoms with Crippen molar-refractivity contribution < 1.29 is 24.3 Å². The molecular weight excluding hydrogens is 126 g/mol. The second kappa shape index (κ2) is 4.69. The average Bonchev–Trinajstić information content (AvgIpc) is 2.28. The van der Waals surface area contributed by atoms with E-state index in [0.29, 0.717) is 0 Å². The zero-order valence-electron chi connectivity index (χ0n) is 19.3. The van der Waals surface area contributed by atoms with Crippen LogP contribution in [0, 0.1) is 0 Å². The summed E-state index contributed by atoms with van der Waals surface area (Å²) in [6, 6.07) is -7.49. The van der Waals surface area contributed by atoms with Crippen LogP contribution < -0.4 is 0 Å². The molecule has 0 spiro atoms. The first-order chi connectivity index (χ1) is 10.2. The second-order valence-electron chi connectivity index (χ2n) is 1.57. The summed E-state index contributed by atoms with van der Waals surface area (Å²) < 4.78 is 104. The standard InChI is InChI=1S/C8H19NO/c1-7(2)9(5-6-10)8(3)4/h7-8,10H,5-6H2,1-4H3/i1D3,2D3,3D3,4D3,7D,8D. The van der Waals surface area contributed by atoms with Gasteiger partial charge in [-0.05, 0) is 27.4 Å². The summed E-state index contributed by atoms with van der Waals surface area (Å²) in [6.45, 7) is -17.0. The van der Waals surface area contributed by atoms with E-state index in [1.807, 2.05) is 0 Å². The van der Waals surface area contributed by atoms with E-state index < -0.39 is 52.6 Å². The molecule has 2 nitrogen and oxygen atoms in total. The molecular formula is C8H19NO. The number of aliphatic hydroxyl groups is 1. The van der Waals surface area contributed by atoms with E-state index in [2.05, 4.69) is 0 Å². The van der Waals surface area contributed by atoms with Gasteiger partial charge in [0.2, 0.25) is 0 Å². The summed E-state index contributed by atoms with van der Waals surface area (Å²) >= 11 is 0. The molecule has 0 unspecified atom stereocenters. The molecule has 0 aromatic rings. The minimum absolute atomic E-state index is 0.278. The van der Waals surface area contributed by atoms with Crippen LogP contribution in [-0.2, 0) is 0 Å². The van der Waals surface area contributed by atoms with Crippen LogP contribution in [-0.4, -0.2) is 35.2 Å². The summed E-state index contributed by atoms with van der Waals surface area (Å²) in [6.07, 6.45) is 0. The van der Waals surface area contributed by atoms with Gasteiger partial charge in [-0.15, -0.1) is 0 Å². The van der Waals surface area contributed by atoms with Crippen LogP contribution in [0.5, 0.6) is 0 Å². The van der Waals surface area contributed by atoms with Gasteiger partial charge in [0.1, 0.15) is 0 Å². The lowest BCUT2D eigenvalue weighted by Crippen LogP contribution is -2.38. The summed E-state index contributed by atoms with van der Waals surface area (Å²) in [7, 11) is 0. The first-order valence-electron chi connectivity index (χ1n) is 9.58. The van der Waals surface area contributed by atoms with E-state index >= 15 is 0 Å². The number of aliphatic hydroxyl groups excluding tert-OH is 1. The van der Waals surface area contributed by atoms with Crippen molar-refractivity contribution in [1.29, 1.82) is 0 Å². The van der Waals surface area contributed by atoms with Crippen molar-refractivity contribution in [2.45, 2.75) is 39.4 Å². The van der Waals surface area contributed by atoms with Crippen LogP contribution >= 0.6 is 0 Å². The van der Waals surface area contributed by atoms with E-state index in [1.165, 1.54) is 0 Å². The SMILES string of the molecule is [2H]C([2H])([2H])C([2H])(N(CCO)C([2H])(C([2H])([2H])[2H])C([2H])([2H])[2H])C([2H])([2H])[2H]. The molecule has 0 atom stereocenters. The van der Waals surface area contributed by atoms with Gasteiger partial charge in [-0.3, -0.25) is 4.90 Å². The van der Waals surface area contributed by atoms with Crippen molar-refractivity contribution >= 4 is 0 Å². The van der Waals surface area contributed by atoms with Crippen LogP contribution in [0.1, 0.15) is 46.6 Å². The van der Waals surface area contributed by atoms with Crippen molar-refractivity contribution in [1.82, 2.24) is 4.90 Å². The van der Waals surface area contributed by atoms with Crippen molar-refractivity contribution in [3.63, 3.8) is 0 Å². The average molecular weight is 159 g/mol. The third kappa shape index (κ3) is 3.18. The maximum Gasteiger partial charge on any atom is 0.0558 e. The Bertz CT molecular complexity index is 364. The highest BCUT2D eigenvalue weighted by Crippen LogP contribution is 2.02. The van der Waals surface area contributed by atoms with E-state index in [1.54, 1.807) is 0 Å². The van der Waals surface area contributed by atoms with Crippen molar-refractivity contribution in [2.24, 2.45) is 0 Å². The molecule has 0 heterocycles. The fraction of sp³-hybridized carbons (Fsp3) is 1.00. The Kier molecular flexibility index (Phi) is 0.705. The summed E-state index contributed by atoms with van der Waals surface area (Å²) in [5, 5.41) is 9.08. The lowest BCUT2D eigenvalue weighted by atomic mass is 10.2. The lowest BCUT2D eigenvalue weighted by molar-refractivity contribution is 0.134. The van der Waals surface area contributed by atoms with Crippen molar-refractivity contribution in [2.75, 3.05) is 13.2 Å². The number of nitrogens with zero attached hydrogens (tertiary/aromatic N) is 1. The molecule has 0 saturated heterocycles. The first-order valence-corrected chi connectivity index (χ1v) is 2.58. The quantitative estimate of drug-likeness (QED) is 0.664. The molecule has 0 aliphatic carbocycles. The van der Waals surface area contributed by atoms with Crippen LogP contribution in [0.15, 0.2) is 0 Å². The predicted molar refractivity (Wildman–Crippen MR) is 44.1 cm³/mol. The highest BCUT2D eigenvalue weighted by atomic mass is 16.3. The van der Waals surface area contributed by atoms with Crippen LogP contribution in [0.3, 0.4) is 0 Å². The van der Waals surface area contributed by atoms with Gasteiger partial charge in [-0.25, -0.2) is 0 Å². The van der Waals surface area contributed by atoms with E-state index in [-0.39, 0.29) is 4.90 Å². The van der Waals surface area contributed by atoms with Gasteiger partial charge in [0, 0.05) is 37.8 Å². The molecule has 0 amide bonds. The topological polar surface area (TPSA) is 23.5 Å². The van der Waals surface area contributed by atoms with Gasteiger partial charge in [-0.2, -0.15) is 0 Å². The lowest BCUT2D eigenvalue weighted by Gasteiger charge is -2.29. The van der Waals surface area contributed by atoms with Crippen molar-refractivity contribution in [3.05, 3.63) is 0 Å². The smallest absolute Gasteiger partial charge is 0.0558 e. The predicted octanol–water partition coefficient (Wildman–Crippen LogP) is 1.10. The zero-order chi connectivity index (χ0) is 20.0. The Morgan fingerprint density at radius 1 is 1.40 bits per heavy atom. The fourth-order valence-corrected chi connectivity index (χ4v) is 0.435. The monoisotopic (exact) mass is 159 g/mol. The molecule has 0 aliphatic rings. The summed E-state index contributed by atoms with van der Waals surface area (Å²) in [4.78, 5) is -0.278. The van der Waals surface area contributed by atoms with Crippen molar-refractivity contribution in [3.8, 4) is 0 Å². The van der Waals surface area contributed by atoms with Gasteiger partial charge in [-0.1, -0.05) is 0 Å². The number of rotatable bonds is 4. The van der Waals surface area contributed by atoms with Crippen LogP contribution in [0.4, 0.5) is 0 Å². The molecule has 0 radical (unpaired) electrons. The molecule has 0 rings (SSSR count). The number of hydrogen-bond acceptors (Lipinski definition) is 2. The molecule has 0 bridgehead atoms. The molecule has 2 heteroatoms. The van der Waals surface area contributed by atoms with Gasteiger partial charge in [0.25, 0.3) is 0 Å². The zero-order valence-corrected chi connectivity index (χ0v) is 5.31. The summed E-state index contributed by atoms with van der Waals surface area (Å²) in [5.41, 5.74) is 0. The minimum Gasteiger partial charge on any atom is -0.395 e. The van der Waals surface area contributed by atoms with E-state index in [9.17, 15) is 0 Å². The van der Waals surface area contributed by atoms with E-state index in [0.717, 1.165) is 0 Å². The van der Waals surface area contributed by atoms with Gasteiger partial charge < -0.3 is 5.11 Å². The highest BCUT2D eigenvalue weighted by molar-refractivity contribution is 4.65. The highest BCUT2D eigenvalue weighted by Gasteiger charge is 2.11. The fourth-order valence-electron chi connectivity index (χ4n) is 0.435. The van der Waals surface area contributed by atoms with Gasteiger partial charge >= 0.3 is 0 Å². The maximum atomic E-state index is 9.08. The Hall–Kier alpha value is -0.0800. The Morgan fingerprint density at radius 3 is 2.20 bits per heavy atom. The Balaban J connectivity index is 6.86. The first kappa shape index (κ1) is 1.50. The largest absolute Gasteiger partial charge is 0.395 e. The maximum absolute atomic E-state index is 9.08. The normalized spacial score (nSPS) is 39.8. The van der Waals surface area contributed by atoms with Crippen LogP contribution in [0.25, 0.3) is 0 Å². The van der Waals surface area contributed by atoms with Gasteiger partial charge in [0.15, 0.2) is 0 Å². The number of hydrogen-bond donors (Lipinski definition) is 1. The Labute approximate surface area is 83.5 Å². The van der Waals surface area contributed by atoms with Crippen LogP contribution in [0.2, 0.25) is 0 Å². The molecule has 0 aromatic carbocycles. The van der Waals surface area contributed by atoms with E-state index in [4.69, 9.17) is 24.3 Å². The molecule has 0 aliphatic heterocycles. The molecule has 62 valence electrons. The minimum atomic E-state index is -3.74. The molecule has 0 aromatic heterocycles.